The Bertz CT molecular complexity index is 412. The monoisotopic (exact) mass is 200 g/mol. The number of hydrogen-bond acceptors (Lipinski definition) is 3. The summed E-state index contributed by atoms with van der Waals surface area (Å²) in [6.07, 6.45) is 2.12. The fourth-order valence-electron chi connectivity index (χ4n) is 1.57. The summed E-state index contributed by atoms with van der Waals surface area (Å²) in [6, 6.07) is 8.28. The number of ketones is 1. The lowest BCUT2D eigenvalue weighted by Crippen LogP contribution is -2.32. The Kier molecular flexibility index (Phi) is 2.53. The standard InChI is InChI=1S/C12H12N2O/c13-7-8-1-3-10(4-2-8)12(15)11(14)9-5-6-9/h1-4,9,11H,5-6,14H2. The van der Waals surface area contributed by atoms with Crippen LogP contribution in [0.25, 0.3) is 0 Å². The van der Waals surface area contributed by atoms with Crippen molar-refractivity contribution in [3.05, 3.63) is 35.4 Å². The third-order valence-corrected chi connectivity index (χ3v) is 2.73. The minimum Gasteiger partial charge on any atom is -0.321 e. The van der Waals surface area contributed by atoms with Crippen molar-refractivity contribution in [2.45, 2.75) is 18.9 Å². The lowest BCUT2D eigenvalue weighted by atomic mass is 10.0. The van der Waals surface area contributed by atoms with Crippen LogP contribution in [0.1, 0.15) is 28.8 Å². The zero-order chi connectivity index (χ0) is 10.8. The molecule has 0 amide bonds. The van der Waals surface area contributed by atoms with Crippen molar-refractivity contribution >= 4 is 5.78 Å². The number of rotatable bonds is 3. The fraction of sp³-hybridized carbons (Fsp3) is 0.333. The van der Waals surface area contributed by atoms with Gasteiger partial charge in [-0.3, -0.25) is 4.79 Å². The van der Waals surface area contributed by atoms with Crippen LogP contribution in [0.3, 0.4) is 0 Å². The van der Waals surface area contributed by atoms with Crippen LogP contribution in [0.5, 0.6) is 0 Å². The van der Waals surface area contributed by atoms with Gasteiger partial charge in [0, 0.05) is 5.56 Å². The largest absolute Gasteiger partial charge is 0.321 e. The van der Waals surface area contributed by atoms with Crippen molar-refractivity contribution in [1.29, 1.82) is 5.26 Å². The number of carbonyl (C=O) groups is 1. The van der Waals surface area contributed by atoms with Crippen LogP contribution in [0.15, 0.2) is 24.3 Å². The van der Waals surface area contributed by atoms with Gasteiger partial charge in [0.2, 0.25) is 0 Å². The number of Topliss-reactive ketones (excluding diaryl/α,β-unsaturated/α-hetero) is 1. The number of hydrogen-bond donors (Lipinski definition) is 1. The maximum atomic E-state index is 11.8. The van der Waals surface area contributed by atoms with Crippen LogP contribution in [-0.4, -0.2) is 11.8 Å². The molecule has 0 aliphatic heterocycles. The molecule has 1 aliphatic rings. The number of benzene rings is 1. The summed E-state index contributed by atoms with van der Waals surface area (Å²) in [6.45, 7) is 0. The molecule has 2 N–H and O–H groups in total. The molecule has 1 aromatic rings. The summed E-state index contributed by atoms with van der Waals surface area (Å²) in [7, 11) is 0. The highest BCUT2D eigenvalue weighted by atomic mass is 16.1. The molecule has 3 heteroatoms. The van der Waals surface area contributed by atoms with E-state index in [0.29, 0.717) is 17.0 Å². The molecule has 1 saturated carbocycles. The molecule has 0 bridgehead atoms. The van der Waals surface area contributed by atoms with E-state index in [-0.39, 0.29) is 11.8 Å². The molecule has 1 aliphatic carbocycles. The summed E-state index contributed by atoms with van der Waals surface area (Å²) < 4.78 is 0. The summed E-state index contributed by atoms with van der Waals surface area (Å²) in [5, 5.41) is 8.61. The number of nitrogens with zero attached hydrogens (tertiary/aromatic N) is 1. The number of carbonyl (C=O) groups excluding carboxylic acids is 1. The van der Waals surface area contributed by atoms with Gasteiger partial charge in [-0.05, 0) is 30.9 Å². The molecule has 0 saturated heterocycles. The van der Waals surface area contributed by atoms with Crippen molar-refractivity contribution in [1.82, 2.24) is 0 Å². The minimum absolute atomic E-state index is 0.0120. The molecule has 1 unspecified atom stereocenters. The first kappa shape index (κ1) is 9.88. The first-order valence-electron chi connectivity index (χ1n) is 5.02. The van der Waals surface area contributed by atoms with Gasteiger partial charge in [-0.2, -0.15) is 5.26 Å². The van der Waals surface area contributed by atoms with E-state index < -0.39 is 0 Å². The van der Waals surface area contributed by atoms with E-state index in [1.807, 2.05) is 6.07 Å². The van der Waals surface area contributed by atoms with Gasteiger partial charge in [0.1, 0.15) is 0 Å². The van der Waals surface area contributed by atoms with Crippen molar-refractivity contribution in [2.75, 3.05) is 0 Å². The van der Waals surface area contributed by atoms with Crippen molar-refractivity contribution in [3.8, 4) is 6.07 Å². The third kappa shape index (κ3) is 2.05. The quantitative estimate of drug-likeness (QED) is 0.751. The SMILES string of the molecule is N#Cc1ccc(C(=O)C(N)C2CC2)cc1. The maximum Gasteiger partial charge on any atom is 0.179 e. The molecule has 0 radical (unpaired) electrons. The van der Waals surface area contributed by atoms with Crippen LogP contribution in [0, 0.1) is 17.2 Å². The minimum atomic E-state index is -0.363. The van der Waals surface area contributed by atoms with Crippen molar-refractivity contribution < 1.29 is 4.79 Å². The average molecular weight is 200 g/mol. The van der Waals surface area contributed by atoms with E-state index in [1.165, 1.54) is 0 Å². The van der Waals surface area contributed by atoms with Crippen molar-refractivity contribution in [3.63, 3.8) is 0 Å². The normalized spacial score (nSPS) is 16.8. The molecular formula is C12H12N2O. The lowest BCUT2D eigenvalue weighted by Gasteiger charge is -2.08. The fourth-order valence-corrected chi connectivity index (χ4v) is 1.57. The Balaban J connectivity index is 2.15. The lowest BCUT2D eigenvalue weighted by molar-refractivity contribution is 0.0952. The number of nitriles is 1. The third-order valence-electron chi connectivity index (χ3n) is 2.73. The van der Waals surface area contributed by atoms with Crippen LogP contribution in [0.2, 0.25) is 0 Å². The van der Waals surface area contributed by atoms with Gasteiger partial charge in [0.25, 0.3) is 0 Å². The Morgan fingerprint density at radius 2 is 2.00 bits per heavy atom. The zero-order valence-electron chi connectivity index (χ0n) is 8.31. The van der Waals surface area contributed by atoms with Crippen LogP contribution < -0.4 is 5.73 Å². The predicted octanol–water partition coefficient (Wildman–Crippen LogP) is 1.48. The first-order valence-corrected chi connectivity index (χ1v) is 5.02. The summed E-state index contributed by atoms with van der Waals surface area (Å²) >= 11 is 0. The zero-order valence-corrected chi connectivity index (χ0v) is 8.31. The van der Waals surface area contributed by atoms with Gasteiger partial charge >= 0.3 is 0 Å². The Morgan fingerprint density at radius 3 is 2.47 bits per heavy atom. The average Bonchev–Trinajstić information content (AvgIpc) is 3.11. The second kappa shape index (κ2) is 3.84. The van der Waals surface area contributed by atoms with Crippen LogP contribution in [0.4, 0.5) is 0 Å². The van der Waals surface area contributed by atoms with Gasteiger partial charge in [0.15, 0.2) is 5.78 Å². The van der Waals surface area contributed by atoms with Gasteiger partial charge < -0.3 is 5.73 Å². The van der Waals surface area contributed by atoms with Gasteiger partial charge in [-0.25, -0.2) is 0 Å². The Morgan fingerprint density at radius 1 is 1.40 bits per heavy atom. The van der Waals surface area contributed by atoms with E-state index in [0.717, 1.165) is 12.8 Å². The molecule has 15 heavy (non-hydrogen) atoms. The maximum absolute atomic E-state index is 11.8. The van der Waals surface area contributed by atoms with E-state index in [1.54, 1.807) is 24.3 Å². The van der Waals surface area contributed by atoms with E-state index in [9.17, 15) is 4.79 Å². The highest BCUT2D eigenvalue weighted by Crippen LogP contribution is 2.32. The summed E-state index contributed by atoms with van der Waals surface area (Å²) in [4.78, 5) is 11.8. The Labute approximate surface area is 88.5 Å². The topological polar surface area (TPSA) is 66.9 Å². The molecule has 1 atom stereocenters. The highest BCUT2D eigenvalue weighted by Gasteiger charge is 2.33. The van der Waals surface area contributed by atoms with Crippen molar-refractivity contribution in [2.24, 2.45) is 11.7 Å². The predicted molar refractivity (Wildman–Crippen MR) is 56.2 cm³/mol. The van der Waals surface area contributed by atoms with Gasteiger partial charge in [-0.15, -0.1) is 0 Å². The number of nitrogens with two attached hydrogens (primary N) is 1. The Hall–Kier alpha value is -1.66. The van der Waals surface area contributed by atoms with Gasteiger partial charge in [-0.1, -0.05) is 12.1 Å². The van der Waals surface area contributed by atoms with E-state index in [2.05, 4.69) is 0 Å². The van der Waals surface area contributed by atoms with Gasteiger partial charge in [0.05, 0.1) is 17.7 Å². The molecular weight excluding hydrogens is 188 g/mol. The highest BCUT2D eigenvalue weighted by molar-refractivity contribution is 6.00. The molecule has 0 aromatic heterocycles. The molecule has 1 fully saturated rings. The molecule has 3 nitrogen and oxygen atoms in total. The first-order chi connectivity index (χ1) is 7.22. The van der Waals surface area contributed by atoms with Crippen LogP contribution in [-0.2, 0) is 0 Å². The van der Waals surface area contributed by atoms with E-state index in [4.69, 9.17) is 11.0 Å². The molecule has 0 heterocycles. The second-order valence-electron chi connectivity index (χ2n) is 3.92. The molecule has 76 valence electrons. The second-order valence-corrected chi connectivity index (χ2v) is 3.92. The molecule has 2 rings (SSSR count). The molecule has 1 aromatic carbocycles. The van der Waals surface area contributed by atoms with E-state index >= 15 is 0 Å². The summed E-state index contributed by atoms with van der Waals surface area (Å²) in [5.41, 5.74) is 6.98. The summed E-state index contributed by atoms with van der Waals surface area (Å²) in [5.74, 6) is 0.357. The molecule has 0 spiro atoms. The van der Waals surface area contributed by atoms with Crippen LogP contribution >= 0.6 is 0 Å². The smallest absolute Gasteiger partial charge is 0.179 e.